The summed E-state index contributed by atoms with van der Waals surface area (Å²) in [4.78, 5) is 37.1. The van der Waals surface area contributed by atoms with E-state index in [2.05, 4.69) is 31.9 Å². The van der Waals surface area contributed by atoms with Crippen molar-refractivity contribution >= 4 is 33.7 Å². The molecule has 2 aromatic rings. The van der Waals surface area contributed by atoms with Crippen LogP contribution in [0.5, 0.6) is 0 Å². The van der Waals surface area contributed by atoms with Crippen molar-refractivity contribution < 1.29 is 27.6 Å². The van der Waals surface area contributed by atoms with Crippen LogP contribution >= 0.6 is 15.9 Å². The molecule has 33 heavy (non-hydrogen) atoms. The van der Waals surface area contributed by atoms with Crippen LogP contribution < -0.4 is 16.0 Å². The van der Waals surface area contributed by atoms with E-state index in [1.165, 1.54) is 6.07 Å². The van der Waals surface area contributed by atoms with Crippen molar-refractivity contribution in [1.29, 1.82) is 0 Å². The third-order valence-corrected chi connectivity index (χ3v) is 5.93. The molecule has 1 fully saturated rings. The molecule has 3 rings (SSSR count). The number of hydrogen-bond donors (Lipinski definition) is 3. The highest BCUT2D eigenvalue weighted by atomic mass is 79.9. The molecule has 176 valence electrons. The fourth-order valence-electron chi connectivity index (χ4n) is 3.69. The zero-order valence-corrected chi connectivity index (χ0v) is 19.1. The van der Waals surface area contributed by atoms with Gasteiger partial charge in [0.25, 0.3) is 11.8 Å². The summed E-state index contributed by atoms with van der Waals surface area (Å²) >= 11 is 3.32. The van der Waals surface area contributed by atoms with E-state index in [1.807, 2.05) is 0 Å². The largest absolute Gasteiger partial charge is 0.416 e. The van der Waals surface area contributed by atoms with Gasteiger partial charge in [0.05, 0.1) is 12.1 Å². The van der Waals surface area contributed by atoms with E-state index < -0.39 is 23.6 Å². The van der Waals surface area contributed by atoms with Crippen molar-refractivity contribution in [3.8, 4) is 0 Å². The van der Waals surface area contributed by atoms with Gasteiger partial charge in [0.1, 0.15) is 0 Å². The molecule has 0 aliphatic heterocycles. The second-order valence-corrected chi connectivity index (χ2v) is 8.72. The zero-order chi connectivity index (χ0) is 24.0. The van der Waals surface area contributed by atoms with Gasteiger partial charge in [0.15, 0.2) is 0 Å². The Morgan fingerprint density at radius 2 is 1.52 bits per heavy atom. The minimum atomic E-state index is -4.57. The Morgan fingerprint density at radius 3 is 2.15 bits per heavy atom. The molecule has 3 amide bonds. The summed E-state index contributed by atoms with van der Waals surface area (Å²) in [7, 11) is 0. The lowest BCUT2D eigenvalue weighted by atomic mass is 9.90. The van der Waals surface area contributed by atoms with Crippen LogP contribution in [0.3, 0.4) is 0 Å². The SMILES string of the molecule is O=C(CNC(=O)c1cccc(C(F)(F)F)c1)N[C@@H]1CCCC[C@@H]1NC(=O)c1ccc(Br)cc1. The summed E-state index contributed by atoms with van der Waals surface area (Å²) in [6, 6.07) is 10.3. The van der Waals surface area contributed by atoms with Gasteiger partial charge in [-0.1, -0.05) is 34.8 Å². The first-order valence-electron chi connectivity index (χ1n) is 10.4. The number of carbonyl (C=O) groups is 3. The van der Waals surface area contributed by atoms with Gasteiger partial charge < -0.3 is 16.0 Å². The van der Waals surface area contributed by atoms with E-state index >= 15 is 0 Å². The Bertz CT molecular complexity index is 1010. The van der Waals surface area contributed by atoms with E-state index in [4.69, 9.17) is 0 Å². The quantitative estimate of drug-likeness (QED) is 0.531. The number of halogens is 4. The molecule has 3 N–H and O–H groups in total. The Hall–Kier alpha value is -2.88. The van der Waals surface area contributed by atoms with Crippen LogP contribution in [0.1, 0.15) is 52.0 Å². The number of hydrogen-bond acceptors (Lipinski definition) is 3. The molecule has 1 aliphatic carbocycles. The lowest BCUT2D eigenvalue weighted by molar-refractivity contribution is -0.137. The maximum Gasteiger partial charge on any atom is 0.416 e. The van der Waals surface area contributed by atoms with Crippen molar-refractivity contribution in [2.24, 2.45) is 0 Å². The van der Waals surface area contributed by atoms with Gasteiger partial charge >= 0.3 is 6.18 Å². The zero-order valence-electron chi connectivity index (χ0n) is 17.5. The Kier molecular flexibility index (Phi) is 8.12. The predicted molar refractivity (Wildman–Crippen MR) is 120 cm³/mol. The van der Waals surface area contributed by atoms with Crippen LogP contribution in [0.15, 0.2) is 53.0 Å². The summed E-state index contributed by atoms with van der Waals surface area (Å²) in [6.45, 7) is -0.390. The highest BCUT2D eigenvalue weighted by Gasteiger charge is 2.31. The summed E-state index contributed by atoms with van der Waals surface area (Å²) < 4.78 is 39.3. The fourth-order valence-corrected chi connectivity index (χ4v) is 3.95. The molecule has 6 nitrogen and oxygen atoms in total. The van der Waals surface area contributed by atoms with Gasteiger partial charge in [-0.2, -0.15) is 13.2 Å². The summed E-state index contributed by atoms with van der Waals surface area (Å²) in [5.74, 6) is -1.50. The fraction of sp³-hybridized carbons (Fsp3) is 0.348. The van der Waals surface area contributed by atoms with Crippen molar-refractivity contribution in [1.82, 2.24) is 16.0 Å². The molecule has 0 spiro atoms. The molecule has 0 saturated heterocycles. The van der Waals surface area contributed by atoms with Crippen LogP contribution in [0.2, 0.25) is 0 Å². The second kappa shape index (κ2) is 10.8. The van der Waals surface area contributed by atoms with Crippen LogP contribution in [0.4, 0.5) is 13.2 Å². The molecular weight excluding hydrogens is 503 g/mol. The van der Waals surface area contributed by atoms with E-state index in [1.54, 1.807) is 24.3 Å². The molecule has 0 aromatic heterocycles. The van der Waals surface area contributed by atoms with Gasteiger partial charge in [0, 0.05) is 27.7 Å². The van der Waals surface area contributed by atoms with E-state index in [-0.39, 0.29) is 30.1 Å². The number of nitrogens with one attached hydrogen (secondary N) is 3. The lowest BCUT2D eigenvalue weighted by Gasteiger charge is -2.33. The smallest absolute Gasteiger partial charge is 0.350 e. The van der Waals surface area contributed by atoms with E-state index in [0.29, 0.717) is 18.4 Å². The monoisotopic (exact) mass is 525 g/mol. The third-order valence-electron chi connectivity index (χ3n) is 5.40. The Labute approximate surface area is 197 Å². The summed E-state index contributed by atoms with van der Waals surface area (Å²) in [5, 5.41) is 8.12. The van der Waals surface area contributed by atoms with Crippen LogP contribution in [0, 0.1) is 0 Å². The highest BCUT2D eigenvalue weighted by molar-refractivity contribution is 9.10. The molecule has 2 aromatic carbocycles. The first-order valence-corrected chi connectivity index (χ1v) is 11.2. The minimum absolute atomic E-state index is 0.185. The number of amides is 3. The van der Waals surface area contributed by atoms with Crippen LogP contribution in [0.25, 0.3) is 0 Å². The second-order valence-electron chi connectivity index (χ2n) is 7.81. The van der Waals surface area contributed by atoms with Gasteiger partial charge in [-0.15, -0.1) is 0 Å². The third kappa shape index (κ3) is 7.05. The number of rotatable bonds is 6. The molecule has 0 bridgehead atoms. The van der Waals surface area contributed by atoms with Crippen molar-refractivity contribution in [2.75, 3.05) is 6.54 Å². The standard InChI is InChI=1S/C23H23BrF3N3O3/c24-17-10-8-14(9-11-17)22(33)30-19-7-2-1-6-18(19)29-20(31)13-28-21(32)15-4-3-5-16(12-15)23(25,26)27/h3-5,8-12,18-19H,1-2,6-7,13H2,(H,28,32)(H,29,31)(H,30,33)/t18-,19+/m1/s1. The van der Waals surface area contributed by atoms with Gasteiger partial charge in [0.2, 0.25) is 5.91 Å². The van der Waals surface area contributed by atoms with E-state index in [9.17, 15) is 27.6 Å². The van der Waals surface area contributed by atoms with Gasteiger partial charge in [-0.05, 0) is 55.3 Å². The summed E-state index contributed by atoms with van der Waals surface area (Å²) in [5.41, 5.74) is -0.622. The normalized spacial score (nSPS) is 18.3. The maximum absolute atomic E-state index is 12.8. The predicted octanol–water partition coefficient (Wildman–Crippen LogP) is 4.06. The van der Waals surface area contributed by atoms with Crippen LogP contribution in [-0.2, 0) is 11.0 Å². The van der Waals surface area contributed by atoms with Crippen molar-refractivity contribution in [3.63, 3.8) is 0 Å². The molecule has 0 unspecified atom stereocenters. The Morgan fingerprint density at radius 1 is 0.879 bits per heavy atom. The Balaban J connectivity index is 1.54. The first kappa shape index (κ1) is 24.8. The van der Waals surface area contributed by atoms with E-state index in [0.717, 1.165) is 35.5 Å². The topological polar surface area (TPSA) is 87.3 Å². The average molecular weight is 526 g/mol. The molecular formula is C23H23BrF3N3O3. The minimum Gasteiger partial charge on any atom is -0.350 e. The lowest BCUT2D eigenvalue weighted by Crippen LogP contribution is -2.54. The van der Waals surface area contributed by atoms with Crippen molar-refractivity contribution in [3.05, 3.63) is 69.7 Å². The molecule has 0 heterocycles. The molecule has 1 saturated carbocycles. The first-order chi connectivity index (χ1) is 15.6. The van der Waals surface area contributed by atoms with Crippen LogP contribution in [-0.4, -0.2) is 36.3 Å². The molecule has 2 atom stereocenters. The van der Waals surface area contributed by atoms with Gasteiger partial charge in [-0.3, -0.25) is 14.4 Å². The number of benzene rings is 2. The number of alkyl halides is 3. The summed E-state index contributed by atoms with van der Waals surface area (Å²) in [6.07, 6.45) is -1.41. The highest BCUT2D eigenvalue weighted by Crippen LogP contribution is 2.29. The molecule has 10 heteroatoms. The van der Waals surface area contributed by atoms with Gasteiger partial charge in [-0.25, -0.2) is 0 Å². The molecule has 1 aliphatic rings. The average Bonchev–Trinajstić information content (AvgIpc) is 2.78. The van der Waals surface area contributed by atoms with Crippen molar-refractivity contribution in [2.45, 2.75) is 43.9 Å². The number of carbonyl (C=O) groups excluding carboxylic acids is 3. The molecule has 0 radical (unpaired) electrons. The maximum atomic E-state index is 12.8.